The molecule has 0 saturated carbocycles. The van der Waals surface area contributed by atoms with Crippen LogP contribution in [0, 0.1) is 0 Å². The van der Waals surface area contributed by atoms with Gasteiger partial charge in [0.15, 0.2) is 11.5 Å². The van der Waals surface area contributed by atoms with Crippen molar-refractivity contribution in [1.29, 1.82) is 0 Å². The first-order valence-corrected chi connectivity index (χ1v) is 16.1. The largest absolute Gasteiger partial charge is 0.493 e. The summed E-state index contributed by atoms with van der Waals surface area (Å²) in [5.74, 6) is -0.485. The maximum absolute atomic E-state index is 13.7. The summed E-state index contributed by atoms with van der Waals surface area (Å²) in [5, 5.41) is 17.5. The van der Waals surface area contributed by atoms with Gasteiger partial charge in [-0.05, 0) is 61.2 Å². The standard InChI is InChI=1S/C35H37ClN6O6/c1-21(43)33-34(45)37-13-12-25-24-6-3-4-7-26(24)38-27(25)16-22-8-10-29(47-2)30(17-22)48-15-5-14-41(20-32(44)40-33)35(46)28-19-42-18-23(36)9-11-31(42)39-28/h3-4,6-11,17-19,21,33,38,43H,5,12-16,20H2,1-2H3,(H,37,45)(H,40,44)/t21-,33+/m1/s1. The molecule has 250 valence electrons. The van der Waals surface area contributed by atoms with Crippen molar-refractivity contribution >= 4 is 45.9 Å². The third-order valence-electron chi connectivity index (χ3n) is 8.35. The van der Waals surface area contributed by atoms with E-state index in [2.05, 4.69) is 20.6 Å². The van der Waals surface area contributed by atoms with E-state index in [1.54, 1.807) is 36.0 Å². The number of aliphatic hydroxyl groups excluding tert-OH is 1. The first-order chi connectivity index (χ1) is 23.2. The van der Waals surface area contributed by atoms with Gasteiger partial charge in [0.05, 0.1) is 31.4 Å². The molecule has 13 heteroatoms. The fourth-order valence-corrected chi connectivity index (χ4v) is 6.15. The Kier molecular flexibility index (Phi) is 9.83. The number of nitrogens with one attached hydrogen (secondary N) is 3. The summed E-state index contributed by atoms with van der Waals surface area (Å²) in [6.45, 7) is 1.70. The van der Waals surface area contributed by atoms with Crippen molar-refractivity contribution in [1.82, 2.24) is 29.9 Å². The number of nitrogens with zero attached hydrogens (tertiary/aromatic N) is 3. The molecule has 4 heterocycles. The number of fused-ring (bicyclic) bond motifs is 6. The lowest BCUT2D eigenvalue weighted by Gasteiger charge is -2.25. The van der Waals surface area contributed by atoms with Gasteiger partial charge in [-0.1, -0.05) is 35.9 Å². The Morgan fingerprint density at radius 1 is 1.15 bits per heavy atom. The SMILES string of the molecule is COc1ccc2cc1OCCCN(C(=O)c1cn3cc(Cl)ccc3n1)CC(=O)N[C@@H]([C@@H](C)O)C(=O)NCCc1c([nH]c3ccccc13)C2. The highest BCUT2D eigenvalue weighted by Crippen LogP contribution is 2.31. The summed E-state index contributed by atoms with van der Waals surface area (Å²) in [7, 11) is 1.58. The number of imidazole rings is 1. The monoisotopic (exact) mass is 672 g/mol. The average Bonchev–Trinajstić information content (AvgIpc) is 3.65. The lowest BCUT2D eigenvalue weighted by molar-refractivity contribution is -0.131. The molecule has 1 aliphatic rings. The zero-order valence-electron chi connectivity index (χ0n) is 26.7. The van der Waals surface area contributed by atoms with Crippen LogP contribution in [0.2, 0.25) is 5.02 Å². The van der Waals surface area contributed by atoms with Crippen molar-refractivity contribution in [3.05, 3.63) is 94.5 Å². The molecule has 2 atom stereocenters. The van der Waals surface area contributed by atoms with Crippen molar-refractivity contribution < 1.29 is 29.0 Å². The number of hydrogen-bond donors (Lipinski definition) is 4. The molecule has 0 radical (unpaired) electrons. The van der Waals surface area contributed by atoms with E-state index in [4.69, 9.17) is 21.1 Å². The van der Waals surface area contributed by atoms with Crippen LogP contribution in [0.1, 0.15) is 40.7 Å². The Bertz CT molecular complexity index is 1970. The van der Waals surface area contributed by atoms with E-state index in [0.717, 1.165) is 27.7 Å². The number of carbonyl (C=O) groups excluding carboxylic acids is 3. The molecule has 3 amide bonds. The Balaban J connectivity index is 1.30. The van der Waals surface area contributed by atoms with Gasteiger partial charge in [0.2, 0.25) is 11.8 Å². The van der Waals surface area contributed by atoms with Crippen molar-refractivity contribution in [3.8, 4) is 11.5 Å². The Morgan fingerprint density at radius 2 is 1.98 bits per heavy atom. The lowest BCUT2D eigenvalue weighted by Crippen LogP contribution is -2.55. The Hall–Kier alpha value is -5.07. The maximum Gasteiger partial charge on any atom is 0.274 e. The number of aliphatic hydroxyl groups is 1. The highest BCUT2D eigenvalue weighted by Gasteiger charge is 2.28. The molecule has 4 N–H and O–H groups in total. The minimum atomic E-state index is -1.23. The summed E-state index contributed by atoms with van der Waals surface area (Å²) in [4.78, 5) is 49.6. The predicted octanol–water partition coefficient (Wildman–Crippen LogP) is 3.52. The lowest BCUT2D eigenvalue weighted by atomic mass is 10.0. The second kappa shape index (κ2) is 14.4. The highest BCUT2D eigenvalue weighted by atomic mass is 35.5. The number of para-hydroxylation sites is 1. The van der Waals surface area contributed by atoms with Crippen LogP contribution in [-0.2, 0) is 22.4 Å². The zero-order chi connectivity index (χ0) is 33.8. The van der Waals surface area contributed by atoms with Crippen LogP contribution in [0.4, 0.5) is 0 Å². The number of ether oxygens (including phenoxy) is 2. The quantitative estimate of drug-likeness (QED) is 0.229. The van der Waals surface area contributed by atoms with E-state index in [1.165, 1.54) is 11.8 Å². The molecule has 0 spiro atoms. The molecule has 3 aromatic heterocycles. The molecule has 6 rings (SSSR count). The second-order valence-corrected chi connectivity index (χ2v) is 12.2. The van der Waals surface area contributed by atoms with Crippen molar-refractivity contribution in [2.75, 3.05) is 33.4 Å². The number of amides is 3. The number of hydrogen-bond acceptors (Lipinski definition) is 7. The molecule has 48 heavy (non-hydrogen) atoms. The smallest absolute Gasteiger partial charge is 0.274 e. The van der Waals surface area contributed by atoms with Crippen molar-refractivity contribution in [2.45, 2.75) is 38.3 Å². The number of pyridine rings is 1. The molecule has 0 fully saturated rings. The van der Waals surface area contributed by atoms with Gasteiger partial charge in [0, 0.05) is 48.5 Å². The number of rotatable bonds is 3. The molecule has 2 aromatic carbocycles. The minimum Gasteiger partial charge on any atom is -0.493 e. The summed E-state index contributed by atoms with van der Waals surface area (Å²) >= 11 is 6.12. The summed E-state index contributed by atoms with van der Waals surface area (Å²) in [5.41, 5.74) is 4.69. The normalized spacial score (nSPS) is 17.3. The first kappa shape index (κ1) is 32.9. The second-order valence-electron chi connectivity index (χ2n) is 11.8. The zero-order valence-corrected chi connectivity index (χ0v) is 27.4. The number of halogens is 1. The number of aromatic nitrogens is 3. The molecule has 0 saturated heterocycles. The molecule has 0 aliphatic carbocycles. The van der Waals surface area contributed by atoms with E-state index in [1.807, 2.05) is 42.5 Å². The third-order valence-corrected chi connectivity index (χ3v) is 8.58. The van der Waals surface area contributed by atoms with Gasteiger partial charge in [0.25, 0.3) is 5.91 Å². The van der Waals surface area contributed by atoms with Gasteiger partial charge in [0.1, 0.15) is 17.4 Å². The number of aromatic amines is 1. The Labute approximate surface area is 282 Å². The van der Waals surface area contributed by atoms with Gasteiger partial charge in [-0.25, -0.2) is 4.98 Å². The first-order valence-electron chi connectivity index (χ1n) is 15.8. The maximum atomic E-state index is 13.7. The van der Waals surface area contributed by atoms with Gasteiger partial charge >= 0.3 is 0 Å². The Morgan fingerprint density at radius 3 is 2.79 bits per heavy atom. The molecule has 2 bridgehead atoms. The molecule has 0 unspecified atom stereocenters. The third kappa shape index (κ3) is 7.24. The van der Waals surface area contributed by atoms with E-state index in [-0.39, 0.29) is 31.9 Å². The molecular formula is C35H37ClN6O6. The minimum absolute atomic E-state index is 0.124. The number of carbonyl (C=O) groups is 3. The van der Waals surface area contributed by atoms with Crippen molar-refractivity contribution in [3.63, 3.8) is 0 Å². The summed E-state index contributed by atoms with van der Waals surface area (Å²) in [6.07, 6.45) is 3.46. The summed E-state index contributed by atoms with van der Waals surface area (Å²) < 4.78 is 13.4. The van der Waals surface area contributed by atoms with Crippen LogP contribution in [0.25, 0.3) is 16.6 Å². The van der Waals surface area contributed by atoms with Gasteiger partial charge in [-0.3, -0.25) is 14.4 Å². The number of H-pyrrole nitrogens is 1. The van der Waals surface area contributed by atoms with Gasteiger partial charge in [-0.2, -0.15) is 0 Å². The van der Waals surface area contributed by atoms with Crippen LogP contribution < -0.4 is 20.1 Å². The molecule has 5 aromatic rings. The number of methoxy groups -OCH3 is 1. The molecule has 1 aliphatic heterocycles. The fourth-order valence-electron chi connectivity index (χ4n) is 5.98. The highest BCUT2D eigenvalue weighted by molar-refractivity contribution is 6.30. The van der Waals surface area contributed by atoms with E-state index in [0.29, 0.717) is 41.4 Å². The van der Waals surface area contributed by atoms with Crippen LogP contribution in [0.5, 0.6) is 11.5 Å². The molecule has 12 nitrogen and oxygen atoms in total. The van der Waals surface area contributed by atoms with E-state index < -0.39 is 29.9 Å². The fraction of sp³-hybridized carbons (Fsp3) is 0.314. The van der Waals surface area contributed by atoms with Gasteiger partial charge in [-0.15, -0.1) is 0 Å². The topological polar surface area (TPSA) is 150 Å². The van der Waals surface area contributed by atoms with Crippen LogP contribution in [0.3, 0.4) is 0 Å². The van der Waals surface area contributed by atoms with Crippen LogP contribution in [-0.4, -0.2) is 87.6 Å². The predicted molar refractivity (Wildman–Crippen MR) is 181 cm³/mol. The molecular weight excluding hydrogens is 636 g/mol. The van der Waals surface area contributed by atoms with Crippen LogP contribution >= 0.6 is 11.6 Å². The van der Waals surface area contributed by atoms with Gasteiger partial charge < -0.3 is 39.5 Å². The van der Waals surface area contributed by atoms with Crippen LogP contribution in [0.15, 0.2) is 67.0 Å². The van der Waals surface area contributed by atoms with E-state index >= 15 is 0 Å². The number of benzene rings is 2. The van der Waals surface area contributed by atoms with Crippen molar-refractivity contribution in [2.24, 2.45) is 0 Å². The van der Waals surface area contributed by atoms with E-state index in [9.17, 15) is 19.5 Å². The average molecular weight is 673 g/mol. The summed E-state index contributed by atoms with van der Waals surface area (Å²) in [6, 6.07) is 15.9.